The molecule has 0 saturated heterocycles. The van der Waals surface area contributed by atoms with Crippen molar-refractivity contribution in [3.05, 3.63) is 40.8 Å². The quantitative estimate of drug-likeness (QED) is 0.858. The van der Waals surface area contributed by atoms with E-state index in [1.807, 2.05) is 20.2 Å². The van der Waals surface area contributed by atoms with Crippen molar-refractivity contribution in [2.75, 3.05) is 19.0 Å². The van der Waals surface area contributed by atoms with Gasteiger partial charge in [-0.05, 0) is 23.8 Å². The van der Waals surface area contributed by atoms with Gasteiger partial charge in [0.2, 0.25) is 0 Å². The van der Waals surface area contributed by atoms with Gasteiger partial charge in [0.05, 0.1) is 0 Å². The van der Waals surface area contributed by atoms with Crippen molar-refractivity contribution in [1.82, 2.24) is 9.97 Å². The van der Waals surface area contributed by atoms with Gasteiger partial charge in [-0.25, -0.2) is 4.98 Å². The summed E-state index contributed by atoms with van der Waals surface area (Å²) in [5.41, 5.74) is 3.33. The van der Waals surface area contributed by atoms with Crippen molar-refractivity contribution in [3.63, 3.8) is 0 Å². The van der Waals surface area contributed by atoms with Gasteiger partial charge in [-0.3, -0.25) is 0 Å². The molecule has 0 aliphatic rings. The van der Waals surface area contributed by atoms with E-state index in [2.05, 4.69) is 53.0 Å². The number of anilines is 1. The topological polar surface area (TPSA) is 31.9 Å². The normalized spacial score (nSPS) is 10.8. The molecule has 100 valence electrons. The Labute approximate surface area is 119 Å². The van der Waals surface area contributed by atoms with Crippen LogP contribution in [0, 0.1) is 4.64 Å². The van der Waals surface area contributed by atoms with Crippen LogP contribution < -0.4 is 4.90 Å². The fourth-order valence-electron chi connectivity index (χ4n) is 1.84. The molecule has 1 N–H and O–H groups in total. The average Bonchev–Trinajstić information content (AvgIpc) is 2.38. The van der Waals surface area contributed by atoms with Crippen molar-refractivity contribution < 1.29 is 0 Å². The molecule has 4 heteroatoms. The number of aromatic nitrogens is 2. The van der Waals surface area contributed by atoms with Crippen LogP contribution in [0.25, 0.3) is 11.3 Å². The number of nitrogens with zero attached hydrogens (tertiary/aromatic N) is 2. The molecule has 0 atom stereocenters. The van der Waals surface area contributed by atoms with Gasteiger partial charge >= 0.3 is 0 Å². The molecule has 0 aliphatic heterocycles. The predicted molar refractivity (Wildman–Crippen MR) is 83.3 cm³/mol. The van der Waals surface area contributed by atoms with Gasteiger partial charge in [0, 0.05) is 31.4 Å². The SMILES string of the molecule is CC(C)c1nc(=S)cc(-c2ccc(N(C)C)cc2)[nH]1. The smallest absolute Gasteiger partial charge is 0.130 e. The van der Waals surface area contributed by atoms with Gasteiger partial charge in [-0.15, -0.1) is 0 Å². The second-order valence-corrected chi connectivity index (χ2v) is 5.53. The molecule has 0 aliphatic carbocycles. The molecule has 0 amide bonds. The molecule has 2 rings (SSSR count). The predicted octanol–water partition coefficient (Wildman–Crippen LogP) is 4.00. The third kappa shape index (κ3) is 3.20. The van der Waals surface area contributed by atoms with Crippen molar-refractivity contribution >= 4 is 17.9 Å². The Morgan fingerprint density at radius 1 is 1.16 bits per heavy atom. The number of aromatic amines is 1. The number of nitrogens with one attached hydrogen (secondary N) is 1. The van der Waals surface area contributed by atoms with Gasteiger partial charge < -0.3 is 9.88 Å². The molecule has 0 saturated carbocycles. The lowest BCUT2D eigenvalue weighted by Gasteiger charge is -2.13. The zero-order valence-electron chi connectivity index (χ0n) is 11.8. The summed E-state index contributed by atoms with van der Waals surface area (Å²) in [5, 5.41) is 0. The lowest BCUT2D eigenvalue weighted by molar-refractivity contribution is 0.773. The lowest BCUT2D eigenvalue weighted by atomic mass is 10.1. The first-order valence-electron chi connectivity index (χ1n) is 6.36. The molecule has 19 heavy (non-hydrogen) atoms. The van der Waals surface area contributed by atoms with Gasteiger partial charge in [0.1, 0.15) is 10.5 Å². The maximum absolute atomic E-state index is 5.23. The summed E-state index contributed by atoms with van der Waals surface area (Å²) in [6.07, 6.45) is 0. The second-order valence-electron chi connectivity index (χ2n) is 5.11. The Morgan fingerprint density at radius 2 is 1.79 bits per heavy atom. The van der Waals surface area contributed by atoms with Crippen LogP contribution in [0.2, 0.25) is 0 Å². The summed E-state index contributed by atoms with van der Waals surface area (Å²) in [6.45, 7) is 4.21. The van der Waals surface area contributed by atoms with Crippen LogP contribution in [-0.2, 0) is 0 Å². The molecule has 0 fully saturated rings. The third-order valence-corrected chi connectivity index (χ3v) is 3.21. The molecule has 0 spiro atoms. The summed E-state index contributed by atoms with van der Waals surface area (Å²) in [4.78, 5) is 9.80. The maximum atomic E-state index is 5.23. The molecular formula is C15H19N3S. The van der Waals surface area contributed by atoms with Crippen molar-refractivity contribution in [1.29, 1.82) is 0 Å². The summed E-state index contributed by atoms with van der Waals surface area (Å²) < 4.78 is 0.633. The monoisotopic (exact) mass is 273 g/mol. The number of hydrogen-bond acceptors (Lipinski definition) is 3. The Balaban J connectivity index is 2.44. The molecule has 1 aromatic carbocycles. The number of rotatable bonds is 3. The third-order valence-electron chi connectivity index (χ3n) is 3.00. The largest absolute Gasteiger partial charge is 0.378 e. The van der Waals surface area contributed by atoms with Crippen LogP contribution in [0.5, 0.6) is 0 Å². The number of hydrogen-bond donors (Lipinski definition) is 1. The van der Waals surface area contributed by atoms with E-state index >= 15 is 0 Å². The zero-order chi connectivity index (χ0) is 14.0. The first-order chi connectivity index (χ1) is 8.97. The van der Waals surface area contributed by atoms with E-state index in [1.165, 1.54) is 5.69 Å². The van der Waals surface area contributed by atoms with Crippen LogP contribution in [0.4, 0.5) is 5.69 Å². The fourth-order valence-corrected chi connectivity index (χ4v) is 2.06. The summed E-state index contributed by atoms with van der Waals surface area (Å²) >= 11 is 5.23. The highest BCUT2D eigenvalue weighted by atomic mass is 32.1. The van der Waals surface area contributed by atoms with Gasteiger partial charge in [0.15, 0.2) is 0 Å². The zero-order valence-corrected chi connectivity index (χ0v) is 12.6. The molecular weight excluding hydrogens is 254 g/mol. The van der Waals surface area contributed by atoms with Crippen LogP contribution in [0.3, 0.4) is 0 Å². The number of benzene rings is 1. The van der Waals surface area contributed by atoms with Crippen molar-refractivity contribution in [2.45, 2.75) is 19.8 Å². The summed E-state index contributed by atoms with van der Waals surface area (Å²) in [6, 6.07) is 10.3. The minimum Gasteiger partial charge on any atom is -0.378 e. The molecule has 0 bridgehead atoms. The maximum Gasteiger partial charge on any atom is 0.130 e. The van der Waals surface area contributed by atoms with E-state index in [0.29, 0.717) is 10.6 Å². The van der Waals surface area contributed by atoms with Crippen LogP contribution >= 0.6 is 12.2 Å². The van der Waals surface area contributed by atoms with Gasteiger partial charge in [-0.2, -0.15) is 0 Å². The fraction of sp³-hybridized carbons (Fsp3) is 0.333. The first kappa shape index (κ1) is 13.7. The minimum absolute atomic E-state index is 0.336. The standard InChI is InChI=1S/C15H19N3S/c1-10(2)15-16-13(9-14(19)17-15)11-5-7-12(8-6-11)18(3)4/h5-10H,1-4H3,(H,16,17,19). The van der Waals surface area contributed by atoms with E-state index in [-0.39, 0.29) is 0 Å². The molecule has 1 heterocycles. The van der Waals surface area contributed by atoms with E-state index in [4.69, 9.17) is 12.2 Å². The van der Waals surface area contributed by atoms with Crippen molar-refractivity contribution in [3.8, 4) is 11.3 Å². The summed E-state index contributed by atoms with van der Waals surface area (Å²) in [5.74, 6) is 1.27. The van der Waals surface area contributed by atoms with Crippen molar-refractivity contribution in [2.24, 2.45) is 0 Å². The highest BCUT2D eigenvalue weighted by Gasteiger charge is 2.05. The van der Waals surface area contributed by atoms with Gasteiger partial charge in [0.25, 0.3) is 0 Å². The molecule has 1 aromatic heterocycles. The molecule has 0 radical (unpaired) electrons. The van der Waals surface area contributed by atoms with E-state index in [1.54, 1.807) is 0 Å². The summed E-state index contributed by atoms with van der Waals surface area (Å²) in [7, 11) is 4.07. The van der Waals surface area contributed by atoms with E-state index in [9.17, 15) is 0 Å². The van der Waals surface area contributed by atoms with E-state index in [0.717, 1.165) is 17.1 Å². The van der Waals surface area contributed by atoms with Crippen LogP contribution in [0.1, 0.15) is 25.6 Å². The molecule has 2 aromatic rings. The Hall–Kier alpha value is -1.68. The van der Waals surface area contributed by atoms with E-state index < -0.39 is 0 Å². The lowest BCUT2D eigenvalue weighted by Crippen LogP contribution is -2.08. The average molecular weight is 273 g/mol. The molecule has 0 unspecified atom stereocenters. The molecule has 3 nitrogen and oxygen atoms in total. The Kier molecular flexibility index (Phi) is 4.00. The Morgan fingerprint density at radius 3 is 2.32 bits per heavy atom. The second kappa shape index (κ2) is 5.53. The highest BCUT2D eigenvalue weighted by molar-refractivity contribution is 7.71. The van der Waals surface area contributed by atoms with Crippen LogP contribution in [0.15, 0.2) is 30.3 Å². The first-order valence-corrected chi connectivity index (χ1v) is 6.77. The number of H-pyrrole nitrogens is 1. The van der Waals surface area contributed by atoms with Crippen LogP contribution in [-0.4, -0.2) is 24.1 Å². The van der Waals surface area contributed by atoms with Gasteiger partial charge in [-0.1, -0.05) is 38.2 Å². The Bertz CT molecular complexity index is 612. The highest BCUT2D eigenvalue weighted by Crippen LogP contribution is 2.22. The minimum atomic E-state index is 0.336.